The molecule has 1 N–H and O–H groups in total. The monoisotopic (exact) mass is 508 g/mol. The van der Waals surface area contributed by atoms with Gasteiger partial charge in [0.15, 0.2) is 0 Å². The van der Waals surface area contributed by atoms with Crippen LogP contribution in [0, 0.1) is 11.8 Å². The summed E-state index contributed by atoms with van der Waals surface area (Å²) in [7, 11) is 0. The molecule has 208 valence electrons. The van der Waals surface area contributed by atoms with Crippen molar-refractivity contribution >= 4 is 11.9 Å². The fraction of sp³-hybridized carbons (Fsp3) is 0.933. The van der Waals surface area contributed by atoms with Crippen LogP contribution in [0.15, 0.2) is 0 Å². The molecule has 6 nitrogen and oxygen atoms in total. The first-order valence-corrected chi connectivity index (χ1v) is 15.3. The van der Waals surface area contributed by atoms with Gasteiger partial charge in [-0.05, 0) is 32.1 Å². The van der Waals surface area contributed by atoms with E-state index in [2.05, 4.69) is 6.92 Å². The van der Waals surface area contributed by atoms with Crippen molar-refractivity contribution in [3.63, 3.8) is 0 Å². The number of epoxide rings is 2. The van der Waals surface area contributed by atoms with E-state index in [1.165, 1.54) is 96.3 Å². The zero-order valence-electron chi connectivity index (χ0n) is 22.8. The van der Waals surface area contributed by atoms with Crippen LogP contribution < -0.4 is 0 Å². The van der Waals surface area contributed by atoms with Crippen LogP contribution in [0.4, 0.5) is 0 Å². The first-order chi connectivity index (χ1) is 17.6. The van der Waals surface area contributed by atoms with Gasteiger partial charge in [-0.15, -0.1) is 0 Å². The van der Waals surface area contributed by atoms with Crippen molar-refractivity contribution in [1.82, 2.24) is 0 Å². The second-order valence-corrected chi connectivity index (χ2v) is 11.5. The van der Waals surface area contributed by atoms with Crippen molar-refractivity contribution in [2.75, 3.05) is 6.61 Å². The standard InChI is InChI=1S/C30H52O6/c1-2-3-4-5-6-7-8-9-12-15-18-25-26(35-25)19-16-13-10-11-14-17-20-34-30(33)24-22-28-27(36-28)21-23(24)29(31)32/h23-28H,2-22H2,1H3,(H,31,32). The molecule has 6 heteroatoms. The molecule has 1 saturated carbocycles. The van der Waals surface area contributed by atoms with Gasteiger partial charge in [0.1, 0.15) is 0 Å². The Morgan fingerprint density at radius 2 is 1.14 bits per heavy atom. The topological polar surface area (TPSA) is 88.7 Å². The SMILES string of the molecule is CCCCCCCCCCCCC1OC1CCCCCCCCOC(=O)C1CC2OC2CC1C(=O)O. The van der Waals surface area contributed by atoms with Crippen LogP contribution in [0.1, 0.15) is 135 Å². The second-order valence-electron chi connectivity index (χ2n) is 11.5. The summed E-state index contributed by atoms with van der Waals surface area (Å²) in [6.07, 6.45) is 25.2. The van der Waals surface area contributed by atoms with Crippen LogP contribution in [0.5, 0.6) is 0 Å². The van der Waals surface area contributed by atoms with Gasteiger partial charge in [-0.3, -0.25) is 9.59 Å². The van der Waals surface area contributed by atoms with Crippen LogP contribution in [0.2, 0.25) is 0 Å². The van der Waals surface area contributed by atoms with Gasteiger partial charge in [0.05, 0.1) is 42.9 Å². The second kappa shape index (κ2) is 16.7. The van der Waals surface area contributed by atoms with Gasteiger partial charge < -0.3 is 19.3 Å². The fourth-order valence-corrected chi connectivity index (χ4v) is 5.91. The smallest absolute Gasteiger partial charge is 0.309 e. The maximum Gasteiger partial charge on any atom is 0.309 e. The molecule has 3 rings (SSSR count). The summed E-state index contributed by atoms with van der Waals surface area (Å²) in [5, 5.41) is 9.39. The minimum Gasteiger partial charge on any atom is -0.481 e. The highest BCUT2D eigenvalue weighted by molar-refractivity contribution is 5.81. The van der Waals surface area contributed by atoms with Gasteiger partial charge in [-0.2, -0.15) is 0 Å². The third-order valence-electron chi connectivity index (χ3n) is 8.42. The molecule has 2 aliphatic heterocycles. The molecule has 3 aliphatic rings. The number of fused-ring (bicyclic) bond motifs is 1. The van der Waals surface area contributed by atoms with Crippen molar-refractivity contribution in [3.05, 3.63) is 0 Å². The Hall–Kier alpha value is -1.14. The Morgan fingerprint density at radius 1 is 0.667 bits per heavy atom. The van der Waals surface area contributed by atoms with E-state index in [1.54, 1.807) is 0 Å². The van der Waals surface area contributed by atoms with Crippen molar-refractivity contribution in [1.29, 1.82) is 0 Å². The Balaban J connectivity index is 1.05. The summed E-state index contributed by atoms with van der Waals surface area (Å²) in [6.45, 7) is 2.67. The van der Waals surface area contributed by atoms with E-state index in [0.29, 0.717) is 31.7 Å². The van der Waals surface area contributed by atoms with Gasteiger partial charge in [0, 0.05) is 0 Å². The average molecular weight is 509 g/mol. The lowest BCUT2D eigenvalue weighted by Gasteiger charge is -2.24. The van der Waals surface area contributed by atoms with Gasteiger partial charge >= 0.3 is 11.9 Å². The lowest BCUT2D eigenvalue weighted by atomic mass is 9.79. The van der Waals surface area contributed by atoms with E-state index in [4.69, 9.17) is 14.2 Å². The molecule has 2 saturated heterocycles. The molecule has 0 aromatic heterocycles. The van der Waals surface area contributed by atoms with Crippen molar-refractivity contribution in [3.8, 4) is 0 Å². The molecule has 0 amide bonds. The predicted molar refractivity (Wildman–Crippen MR) is 141 cm³/mol. The van der Waals surface area contributed by atoms with Gasteiger partial charge in [0.2, 0.25) is 0 Å². The number of hydrogen-bond acceptors (Lipinski definition) is 5. The number of carbonyl (C=O) groups is 2. The van der Waals surface area contributed by atoms with Crippen LogP contribution in [-0.4, -0.2) is 48.1 Å². The van der Waals surface area contributed by atoms with Crippen LogP contribution in [0.3, 0.4) is 0 Å². The summed E-state index contributed by atoms with van der Waals surface area (Å²) in [5.74, 6) is -2.48. The molecular weight excluding hydrogens is 456 g/mol. The summed E-state index contributed by atoms with van der Waals surface area (Å²) < 4.78 is 16.7. The van der Waals surface area contributed by atoms with E-state index >= 15 is 0 Å². The summed E-state index contributed by atoms with van der Waals surface area (Å²) >= 11 is 0. The van der Waals surface area contributed by atoms with Gasteiger partial charge in [0.25, 0.3) is 0 Å². The highest BCUT2D eigenvalue weighted by Gasteiger charge is 2.53. The summed E-state index contributed by atoms with van der Waals surface area (Å²) in [6, 6.07) is 0. The quantitative estimate of drug-likeness (QED) is 0.0943. The lowest BCUT2D eigenvalue weighted by Crippen LogP contribution is -2.36. The maximum absolute atomic E-state index is 12.4. The molecule has 3 fully saturated rings. The molecule has 0 bridgehead atoms. The highest BCUT2D eigenvalue weighted by atomic mass is 16.6. The molecular formula is C30H52O6. The number of hydrogen-bond donors (Lipinski definition) is 1. The molecule has 6 atom stereocenters. The number of rotatable bonds is 22. The molecule has 36 heavy (non-hydrogen) atoms. The number of carbonyl (C=O) groups excluding carboxylic acids is 1. The Labute approximate surface area is 219 Å². The van der Waals surface area contributed by atoms with E-state index in [9.17, 15) is 14.7 Å². The minimum atomic E-state index is -0.910. The van der Waals surface area contributed by atoms with Crippen LogP contribution in [-0.2, 0) is 23.8 Å². The van der Waals surface area contributed by atoms with Crippen LogP contribution >= 0.6 is 0 Å². The average Bonchev–Trinajstić information content (AvgIpc) is 3.79. The number of carboxylic acid groups (broad SMARTS) is 1. The molecule has 6 unspecified atom stereocenters. The Bertz CT molecular complexity index is 637. The predicted octanol–water partition coefficient (Wildman–Crippen LogP) is 7.22. The van der Waals surface area contributed by atoms with Gasteiger partial charge in [-0.1, -0.05) is 103 Å². The third-order valence-corrected chi connectivity index (χ3v) is 8.42. The van der Waals surface area contributed by atoms with Crippen LogP contribution in [0.25, 0.3) is 0 Å². The first-order valence-electron chi connectivity index (χ1n) is 15.3. The largest absolute Gasteiger partial charge is 0.481 e. The maximum atomic E-state index is 12.4. The number of aliphatic carboxylic acids is 1. The molecule has 0 spiro atoms. The molecule has 0 aromatic rings. The zero-order valence-corrected chi connectivity index (χ0v) is 22.8. The first kappa shape index (κ1) is 29.4. The van der Waals surface area contributed by atoms with E-state index in [1.807, 2.05) is 0 Å². The number of ether oxygens (including phenoxy) is 3. The number of esters is 1. The molecule has 1 aliphatic carbocycles. The van der Waals surface area contributed by atoms with Gasteiger partial charge in [-0.25, -0.2) is 0 Å². The lowest BCUT2D eigenvalue weighted by molar-refractivity contribution is -0.159. The zero-order chi connectivity index (χ0) is 25.6. The number of unbranched alkanes of at least 4 members (excludes halogenated alkanes) is 14. The molecule has 0 aromatic carbocycles. The minimum absolute atomic E-state index is 0.0389. The molecule has 2 heterocycles. The van der Waals surface area contributed by atoms with E-state index in [0.717, 1.165) is 19.3 Å². The van der Waals surface area contributed by atoms with Crippen molar-refractivity contribution < 1.29 is 28.9 Å². The number of carboxylic acids is 1. The fourth-order valence-electron chi connectivity index (χ4n) is 5.91. The summed E-state index contributed by atoms with van der Waals surface area (Å²) in [5.41, 5.74) is 0. The van der Waals surface area contributed by atoms with Crippen molar-refractivity contribution in [2.24, 2.45) is 11.8 Å². The Kier molecular flexibility index (Phi) is 13.6. The third kappa shape index (κ3) is 11.1. The highest BCUT2D eigenvalue weighted by Crippen LogP contribution is 2.43. The molecule has 0 radical (unpaired) electrons. The normalized spacial score (nSPS) is 28.5. The van der Waals surface area contributed by atoms with E-state index in [-0.39, 0.29) is 18.2 Å². The Morgan fingerprint density at radius 3 is 1.67 bits per heavy atom. The summed E-state index contributed by atoms with van der Waals surface area (Å²) in [4.78, 5) is 23.8. The van der Waals surface area contributed by atoms with E-state index < -0.39 is 17.8 Å². The van der Waals surface area contributed by atoms with Crippen molar-refractivity contribution in [2.45, 2.75) is 160 Å².